The molecule has 1 aromatic heterocycles. The van der Waals surface area contributed by atoms with E-state index in [0.717, 1.165) is 17.8 Å². The molecule has 0 aliphatic heterocycles. The summed E-state index contributed by atoms with van der Waals surface area (Å²) in [6, 6.07) is 8.79. The Labute approximate surface area is 146 Å². The number of nitrogens with zero attached hydrogens (tertiary/aromatic N) is 2. The van der Waals surface area contributed by atoms with Gasteiger partial charge in [-0.25, -0.2) is 4.68 Å². The van der Waals surface area contributed by atoms with E-state index in [-0.39, 0.29) is 0 Å². The van der Waals surface area contributed by atoms with Crippen molar-refractivity contribution in [3.63, 3.8) is 0 Å². The third-order valence-electron chi connectivity index (χ3n) is 5.32. The molecule has 3 heteroatoms. The predicted octanol–water partition coefficient (Wildman–Crippen LogP) is 5.12. The lowest BCUT2D eigenvalue weighted by Gasteiger charge is -2.26. The third kappa shape index (κ3) is 2.61. The fraction of sp³-hybridized carbons (Fsp3) is 0.526. The summed E-state index contributed by atoms with van der Waals surface area (Å²) in [5.74, 6) is 2.31. The molecule has 2 aliphatic carbocycles. The zero-order valence-electron chi connectivity index (χ0n) is 13.3. The van der Waals surface area contributed by atoms with E-state index in [1.165, 1.54) is 52.7 Å². The standard InChI is InChI=1S/C19H23IN2/c1-12(2)14-5-10-17-18(11-14)22(21-19(17)13-3-4-13)16-8-6-15(20)7-9-16/h6-9,12-14H,3-5,10-11H2,1-2H3. The first-order chi connectivity index (χ1) is 10.6. The Bertz CT molecular complexity index is 680. The molecule has 0 saturated heterocycles. The Morgan fingerprint density at radius 1 is 1.14 bits per heavy atom. The summed E-state index contributed by atoms with van der Waals surface area (Å²) in [5.41, 5.74) is 5.72. The van der Waals surface area contributed by atoms with Crippen LogP contribution in [0, 0.1) is 15.4 Å². The number of hydrogen-bond donors (Lipinski definition) is 0. The van der Waals surface area contributed by atoms with E-state index < -0.39 is 0 Å². The summed E-state index contributed by atoms with van der Waals surface area (Å²) in [5, 5.41) is 5.06. The zero-order chi connectivity index (χ0) is 15.3. The molecule has 2 aromatic rings. The predicted molar refractivity (Wildman–Crippen MR) is 98.6 cm³/mol. The second kappa shape index (κ2) is 5.66. The Balaban J connectivity index is 1.79. The molecule has 2 aliphatic rings. The van der Waals surface area contributed by atoms with Crippen molar-refractivity contribution in [2.24, 2.45) is 11.8 Å². The van der Waals surface area contributed by atoms with E-state index in [1.807, 2.05) is 0 Å². The van der Waals surface area contributed by atoms with Gasteiger partial charge in [0.25, 0.3) is 0 Å². The average Bonchev–Trinajstić information content (AvgIpc) is 3.29. The monoisotopic (exact) mass is 406 g/mol. The summed E-state index contributed by atoms with van der Waals surface area (Å²) in [7, 11) is 0. The van der Waals surface area contributed by atoms with Gasteiger partial charge in [0.1, 0.15) is 0 Å². The quantitative estimate of drug-likeness (QED) is 0.648. The molecule has 1 heterocycles. The number of rotatable bonds is 3. The van der Waals surface area contributed by atoms with Gasteiger partial charge in [-0.3, -0.25) is 0 Å². The van der Waals surface area contributed by atoms with Crippen LogP contribution in [-0.4, -0.2) is 9.78 Å². The molecular formula is C19H23IN2. The molecule has 0 bridgehead atoms. The molecular weight excluding hydrogens is 383 g/mol. The fourth-order valence-electron chi connectivity index (χ4n) is 3.72. The van der Waals surface area contributed by atoms with E-state index in [1.54, 1.807) is 5.56 Å². The van der Waals surface area contributed by atoms with Crippen molar-refractivity contribution >= 4 is 22.6 Å². The molecule has 1 unspecified atom stereocenters. The minimum atomic E-state index is 0.745. The van der Waals surface area contributed by atoms with Crippen LogP contribution < -0.4 is 0 Å². The Morgan fingerprint density at radius 2 is 1.86 bits per heavy atom. The van der Waals surface area contributed by atoms with Gasteiger partial charge in [-0.1, -0.05) is 13.8 Å². The van der Waals surface area contributed by atoms with Crippen LogP contribution in [0.3, 0.4) is 0 Å². The summed E-state index contributed by atoms with van der Waals surface area (Å²) in [6.45, 7) is 4.73. The molecule has 1 atom stereocenters. The highest BCUT2D eigenvalue weighted by Crippen LogP contribution is 2.44. The largest absolute Gasteiger partial charge is 0.237 e. The highest BCUT2D eigenvalue weighted by Gasteiger charge is 2.34. The molecule has 0 amide bonds. The topological polar surface area (TPSA) is 17.8 Å². The zero-order valence-corrected chi connectivity index (χ0v) is 15.5. The van der Waals surface area contributed by atoms with Crippen LogP contribution in [0.4, 0.5) is 0 Å². The molecule has 0 spiro atoms. The maximum Gasteiger partial charge on any atom is 0.0694 e. The van der Waals surface area contributed by atoms with Gasteiger partial charge in [-0.15, -0.1) is 0 Å². The number of aromatic nitrogens is 2. The first kappa shape index (κ1) is 14.7. The summed E-state index contributed by atoms with van der Waals surface area (Å²) in [6.07, 6.45) is 6.43. The van der Waals surface area contributed by atoms with E-state index in [9.17, 15) is 0 Å². The Hall–Kier alpha value is -0.840. The first-order valence-corrected chi connectivity index (χ1v) is 9.58. The van der Waals surface area contributed by atoms with Crippen LogP contribution in [0.25, 0.3) is 5.69 Å². The lowest BCUT2D eigenvalue weighted by Crippen LogP contribution is -2.21. The van der Waals surface area contributed by atoms with Gasteiger partial charge in [0.15, 0.2) is 0 Å². The van der Waals surface area contributed by atoms with Crippen LogP contribution in [0.1, 0.15) is 56.0 Å². The van der Waals surface area contributed by atoms with Crippen molar-refractivity contribution in [3.05, 3.63) is 44.8 Å². The van der Waals surface area contributed by atoms with Crippen LogP contribution >= 0.6 is 22.6 Å². The highest BCUT2D eigenvalue weighted by molar-refractivity contribution is 14.1. The highest BCUT2D eigenvalue weighted by atomic mass is 127. The number of hydrogen-bond acceptors (Lipinski definition) is 1. The molecule has 116 valence electrons. The van der Waals surface area contributed by atoms with E-state index >= 15 is 0 Å². The van der Waals surface area contributed by atoms with E-state index in [2.05, 4.69) is 65.4 Å². The van der Waals surface area contributed by atoms with Crippen LogP contribution in [0.5, 0.6) is 0 Å². The number of fused-ring (bicyclic) bond motifs is 1. The second-order valence-electron chi connectivity index (χ2n) is 7.22. The van der Waals surface area contributed by atoms with Crippen molar-refractivity contribution in [1.29, 1.82) is 0 Å². The van der Waals surface area contributed by atoms with Gasteiger partial charge in [0.2, 0.25) is 0 Å². The lowest BCUT2D eigenvalue weighted by atomic mass is 9.80. The van der Waals surface area contributed by atoms with Crippen molar-refractivity contribution in [2.75, 3.05) is 0 Å². The van der Waals surface area contributed by atoms with Crippen LogP contribution in [0.2, 0.25) is 0 Å². The summed E-state index contributed by atoms with van der Waals surface area (Å²) in [4.78, 5) is 0. The number of halogens is 1. The van der Waals surface area contributed by atoms with E-state index in [0.29, 0.717) is 0 Å². The van der Waals surface area contributed by atoms with Crippen LogP contribution in [0.15, 0.2) is 24.3 Å². The van der Waals surface area contributed by atoms with Gasteiger partial charge in [-0.2, -0.15) is 5.10 Å². The van der Waals surface area contributed by atoms with Crippen molar-refractivity contribution in [3.8, 4) is 5.69 Å². The molecule has 22 heavy (non-hydrogen) atoms. The van der Waals surface area contributed by atoms with Gasteiger partial charge in [0.05, 0.1) is 11.4 Å². The van der Waals surface area contributed by atoms with Crippen LogP contribution in [-0.2, 0) is 12.8 Å². The molecule has 4 rings (SSSR count). The fourth-order valence-corrected chi connectivity index (χ4v) is 4.08. The molecule has 1 aromatic carbocycles. The Kier molecular flexibility index (Phi) is 3.79. The van der Waals surface area contributed by atoms with Gasteiger partial charge >= 0.3 is 0 Å². The summed E-state index contributed by atoms with van der Waals surface area (Å²) >= 11 is 2.37. The average molecular weight is 406 g/mol. The summed E-state index contributed by atoms with van der Waals surface area (Å²) < 4.78 is 3.54. The normalized spacial score (nSPS) is 21.2. The smallest absolute Gasteiger partial charge is 0.0694 e. The van der Waals surface area contributed by atoms with E-state index in [4.69, 9.17) is 5.10 Å². The first-order valence-electron chi connectivity index (χ1n) is 8.50. The third-order valence-corrected chi connectivity index (χ3v) is 6.04. The minimum Gasteiger partial charge on any atom is -0.237 e. The molecule has 1 saturated carbocycles. The maximum absolute atomic E-state index is 5.06. The molecule has 0 radical (unpaired) electrons. The van der Waals surface area contributed by atoms with Crippen molar-refractivity contribution in [1.82, 2.24) is 9.78 Å². The molecule has 1 fully saturated rings. The van der Waals surface area contributed by atoms with Gasteiger partial charge < -0.3 is 0 Å². The molecule has 2 nitrogen and oxygen atoms in total. The SMILES string of the molecule is CC(C)C1CCc2c(C3CC3)nn(-c3ccc(I)cc3)c2C1. The van der Waals surface area contributed by atoms with Gasteiger partial charge in [0, 0.05) is 15.2 Å². The van der Waals surface area contributed by atoms with Crippen molar-refractivity contribution in [2.45, 2.75) is 51.9 Å². The van der Waals surface area contributed by atoms with Crippen molar-refractivity contribution < 1.29 is 0 Å². The van der Waals surface area contributed by atoms with Gasteiger partial charge in [-0.05, 0) is 96.4 Å². The lowest BCUT2D eigenvalue weighted by molar-refractivity contribution is 0.337. The maximum atomic E-state index is 5.06. The Morgan fingerprint density at radius 3 is 2.50 bits per heavy atom. The second-order valence-corrected chi connectivity index (χ2v) is 8.47. The molecule has 0 N–H and O–H groups in total. The number of benzene rings is 1. The minimum absolute atomic E-state index is 0.745.